The Hall–Kier alpha value is -3.35. The summed E-state index contributed by atoms with van der Waals surface area (Å²) < 4.78 is 35.7. The molecule has 1 unspecified atom stereocenters. The summed E-state index contributed by atoms with van der Waals surface area (Å²) in [6.07, 6.45) is -0.688. The number of carbonyl (C=O) groups excluding carboxylic acids is 1. The number of nitrogens with one attached hydrogen (secondary N) is 1. The van der Waals surface area contributed by atoms with Crippen LogP contribution in [0.1, 0.15) is 36.6 Å². The minimum Gasteiger partial charge on any atom is -0.485 e. The van der Waals surface area contributed by atoms with Crippen molar-refractivity contribution in [2.45, 2.75) is 31.8 Å². The molecule has 0 bridgehead atoms. The number of carbonyl (C=O) groups is 1. The Morgan fingerprint density at radius 2 is 1.53 bits per heavy atom. The highest BCUT2D eigenvalue weighted by Crippen LogP contribution is 2.44. The van der Waals surface area contributed by atoms with Gasteiger partial charge in [0, 0.05) is 10.6 Å². The largest absolute Gasteiger partial charge is 0.485 e. The van der Waals surface area contributed by atoms with Crippen LogP contribution < -0.4 is 4.72 Å². The molecular weight excluding hydrogens is 470 g/mol. The molecule has 0 saturated heterocycles. The van der Waals surface area contributed by atoms with E-state index in [4.69, 9.17) is 16.3 Å². The maximum Gasteiger partial charge on any atom is 0.261 e. The Balaban J connectivity index is 1.96. The third-order valence-electron chi connectivity index (χ3n) is 5.60. The smallest absolute Gasteiger partial charge is 0.261 e. The minimum atomic E-state index is -3.96. The van der Waals surface area contributed by atoms with Gasteiger partial charge in [0.05, 0.1) is 16.2 Å². The van der Waals surface area contributed by atoms with Crippen molar-refractivity contribution in [3.05, 3.63) is 117 Å². The first-order valence-corrected chi connectivity index (χ1v) is 12.6. The van der Waals surface area contributed by atoms with Gasteiger partial charge in [-0.3, -0.25) is 9.52 Å². The fourth-order valence-electron chi connectivity index (χ4n) is 3.97. The zero-order chi connectivity index (χ0) is 24.5. The van der Waals surface area contributed by atoms with Crippen LogP contribution in [0.15, 0.2) is 101 Å². The van der Waals surface area contributed by atoms with Gasteiger partial charge >= 0.3 is 0 Å². The van der Waals surface area contributed by atoms with E-state index < -0.39 is 16.1 Å². The molecule has 0 saturated carbocycles. The maximum atomic E-state index is 13.4. The molecule has 1 aliphatic rings. The van der Waals surface area contributed by atoms with E-state index in [9.17, 15) is 13.2 Å². The van der Waals surface area contributed by atoms with Crippen LogP contribution in [-0.4, -0.2) is 14.2 Å². The molecule has 1 heterocycles. The number of hydrogen-bond acceptors (Lipinski definition) is 4. The highest BCUT2D eigenvalue weighted by atomic mass is 35.5. The number of rotatable bonds is 6. The van der Waals surface area contributed by atoms with Crippen molar-refractivity contribution in [2.75, 3.05) is 0 Å². The van der Waals surface area contributed by atoms with Crippen LogP contribution in [0.2, 0.25) is 5.02 Å². The third-order valence-corrected chi connectivity index (χ3v) is 7.22. The van der Waals surface area contributed by atoms with Crippen molar-refractivity contribution in [1.29, 1.82) is 0 Å². The van der Waals surface area contributed by atoms with Gasteiger partial charge < -0.3 is 4.74 Å². The van der Waals surface area contributed by atoms with E-state index in [1.165, 1.54) is 6.92 Å². The number of hydrogen-bond donors (Lipinski definition) is 1. The Bertz CT molecular complexity index is 1390. The van der Waals surface area contributed by atoms with Crippen molar-refractivity contribution in [3.63, 3.8) is 0 Å². The summed E-state index contributed by atoms with van der Waals surface area (Å²) in [5.74, 6) is 0.220. The Labute approximate surface area is 204 Å². The molecule has 34 heavy (non-hydrogen) atoms. The molecule has 1 aliphatic heterocycles. The molecule has 0 aromatic heterocycles. The van der Waals surface area contributed by atoms with Crippen molar-refractivity contribution < 1.29 is 17.9 Å². The summed E-state index contributed by atoms with van der Waals surface area (Å²) >= 11 is 6.08. The van der Waals surface area contributed by atoms with Gasteiger partial charge in [0.1, 0.15) is 5.76 Å². The van der Waals surface area contributed by atoms with Crippen LogP contribution >= 0.6 is 11.6 Å². The first-order chi connectivity index (χ1) is 16.2. The highest BCUT2D eigenvalue weighted by molar-refractivity contribution is 7.89. The summed E-state index contributed by atoms with van der Waals surface area (Å²) in [7, 11) is -3.96. The molecule has 0 amide bonds. The second-order valence-corrected chi connectivity index (χ2v) is 10.2. The summed E-state index contributed by atoms with van der Waals surface area (Å²) in [6.45, 7) is 5.05. The van der Waals surface area contributed by atoms with E-state index in [1.807, 2.05) is 25.1 Å². The Morgan fingerprint density at radius 1 is 0.912 bits per heavy atom. The maximum absolute atomic E-state index is 13.4. The Morgan fingerprint density at radius 3 is 2.12 bits per heavy atom. The van der Waals surface area contributed by atoms with Gasteiger partial charge in [0.2, 0.25) is 0 Å². The number of ether oxygens (including phenoxy) is 1. The van der Waals surface area contributed by atoms with Gasteiger partial charge in [0.25, 0.3) is 10.0 Å². The molecule has 3 aromatic carbocycles. The number of ketones is 1. The molecule has 174 valence electrons. The van der Waals surface area contributed by atoms with Crippen LogP contribution in [0.5, 0.6) is 0 Å². The summed E-state index contributed by atoms with van der Waals surface area (Å²) in [5.41, 5.74) is 3.43. The highest BCUT2D eigenvalue weighted by Gasteiger charge is 2.37. The first-order valence-electron chi connectivity index (χ1n) is 10.7. The number of Topliss-reactive ketones (excluding diaryl/α,β-unsaturated/α-hetero) is 1. The van der Waals surface area contributed by atoms with Crippen LogP contribution in [0.25, 0.3) is 5.70 Å². The molecule has 3 aromatic rings. The summed E-state index contributed by atoms with van der Waals surface area (Å²) in [5, 5.41) is 0.562. The van der Waals surface area contributed by atoms with E-state index in [0.717, 1.165) is 11.1 Å². The van der Waals surface area contributed by atoms with Crippen LogP contribution in [0.4, 0.5) is 0 Å². The molecule has 0 aliphatic carbocycles. The standard InChI is InChI=1S/C27H24ClNO4S/c1-17-9-15-23(16-10-17)34(31,32)29-26(20-7-5-4-6-8-20)25-24(18(2)30)19(3)33-27(25)21-11-13-22(28)14-12-21/h4-16,27,29H,1-3H3/b26-25+. The summed E-state index contributed by atoms with van der Waals surface area (Å²) in [6, 6.07) is 22.7. The predicted molar refractivity (Wildman–Crippen MR) is 134 cm³/mol. The van der Waals surface area contributed by atoms with Crippen molar-refractivity contribution in [2.24, 2.45) is 0 Å². The number of sulfonamides is 1. The summed E-state index contributed by atoms with van der Waals surface area (Å²) in [4.78, 5) is 12.9. The molecule has 0 fully saturated rings. The monoisotopic (exact) mass is 493 g/mol. The Kier molecular flexibility index (Phi) is 6.64. The van der Waals surface area contributed by atoms with E-state index in [0.29, 0.717) is 33.2 Å². The van der Waals surface area contributed by atoms with Gasteiger partial charge in [-0.25, -0.2) is 8.42 Å². The van der Waals surface area contributed by atoms with E-state index in [1.54, 1.807) is 67.6 Å². The van der Waals surface area contributed by atoms with Gasteiger partial charge in [-0.15, -0.1) is 0 Å². The molecule has 1 N–H and O–H groups in total. The molecule has 4 rings (SSSR count). The second kappa shape index (κ2) is 9.49. The topological polar surface area (TPSA) is 72.5 Å². The predicted octanol–water partition coefficient (Wildman–Crippen LogP) is 5.97. The third kappa shape index (κ3) is 4.79. The van der Waals surface area contributed by atoms with Crippen molar-refractivity contribution in [3.8, 4) is 0 Å². The van der Waals surface area contributed by atoms with E-state index in [2.05, 4.69) is 4.72 Å². The zero-order valence-corrected chi connectivity index (χ0v) is 20.6. The lowest BCUT2D eigenvalue weighted by Crippen LogP contribution is -2.25. The lowest BCUT2D eigenvalue weighted by atomic mass is 9.91. The SMILES string of the molecule is CC(=O)C1=C(C)OC(c2ccc(Cl)cc2)/C1=C(/NS(=O)(=O)c1ccc(C)cc1)c1ccccc1. The van der Waals surface area contributed by atoms with Gasteiger partial charge in [0.15, 0.2) is 11.9 Å². The normalized spacial score (nSPS) is 17.4. The van der Waals surface area contributed by atoms with E-state index in [-0.39, 0.29) is 10.7 Å². The average molecular weight is 494 g/mol. The number of aryl methyl sites for hydroxylation is 1. The second-order valence-electron chi connectivity index (χ2n) is 8.11. The number of halogens is 1. The fraction of sp³-hybridized carbons (Fsp3) is 0.148. The molecule has 0 spiro atoms. The van der Waals surface area contributed by atoms with Gasteiger partial charge in [-0.05, 0) is 56.2 Å². The fourth-order valence-corrected chi connectivity index (χ4v) is 5.20. The van der Waals surface area contributed by atoms with Crippen molar-refractivity contribution >= 4 is 33.1 Å². The zero-order valence-electron chi connectivity index (χ0n) is 19.0. The molecule has 7 heteroatoms. The van der Waals surface area contributed by atoms with E-state index >= 15 is 0 Å². The molecule has 1 atom stereocenters. The first kappa shape index (κ1) is 23.8. The molecule has 0 radical (unpaired) electrons. The molecular formula is C27H24ClNO4S. The minimum absolute atomic E-state index is 0.124. The quantitative estimate of drug-likeness (QED) is 0.459. The average Bonchev–Trinajstić information content (AvgIpc) is 3.16. The van der Waals surface area contributed by atoms with Gasteiger partial charge in [-0.2, -0.15) is 0 Å². The van der Waals surface area contributed by atoms with Crippen molar-refractivity contribution in [1.82, 2.24) is 4.72 Å². The number of benzene rings is 3. The van der Waals surface area contributed by atoms with Crippen LogP contribution in [-0.2, 0) is 19.6 Å². The molecule has 5 nitrogen and oxygen atoms in total. The van der Waals surface area contributed by atoms with Gasteiger partial charge in [-0.1, -0.05) is 71.8 Å². The van der Waals surface area contributed by atoms with Crippen LogP contribution in [0, 0.1) is 6.92 Å². The number of allylic oxidation sites excluding steroid dienone is 1. The lowest BCUT2D eigenvalue weighted by Gasteiger charge is -2.21. The van der Waals surface area contributed by atoms with Crippen LogP contribution in [0.3, 0.4) is 0 Å². The lowest BCUT2D eigenvalue weighted by molar-refractivity contribution is -0.113.